The van der Waals surface area contributed by atoms with Crippen LogP contribution in [0.2, 0.25) is 0 Å². The van der Waals surface area contributed by atoms with Crippen LogP contribution >= 0.6 is 0 Å². The smallest absolute Gasteiger partial charge is 0.113 e. The van der Waals surface area contributed by atoms with Crippen LogP contribution in [0.1, 0.15) is 36.6 Å². The molecule has 4 nitrogen and oxygen atoms in total. The van der Waals surface area contributed by atoms with Crippen LogP contribution in [0.5, 0.6) is 0 Å². The normalized spacial score (nSPS) is 18.8. The van der Waals surface area contributed by atoms with E-state index in [0.717, 1.165) is 19.7 Å². The highest BCUT2D eigenvalue weighted by molar-refractivity contribution is 5.14. The Morgan fingerprint density at radius 3 is 2.92 bits per heavy atom. The van der Waals surface area contributed by atoms with E-state index in [0.29, 0.717) is 5.92 Å². The molecule has 0 radical (unpaired) electrons. The molecule has 0 N–H and O–H groups in total. The summed E-state index contributed by atoms with van der Waals surface area (Å²) in [5, 5.41) is 0. The zero-order valence-corrected chi connectivity index (χ0v) is 14.7. The molecule has 2 heterocycles. The Balaban J connectivity index is 1.50. The van der Waals surface area contributed by atoms with E-state index in [1.807, 2.05) is 6.20 Å². The zero-order valence-electron chi connectivity index (χ0n) is 14.7. The molecule has 1 aliphatic rings. The third kappa shape index (κ3) is 4.68. The third-order valence-corrected chi connectivity index (χ3v) is 4.94. The second kappa shape index (κ2) is 9.00. The number of hydrogen-bond donors (Lipinski definition) is 0. The van der Waals surface area contributed by atoms with Gasteiger partial charge >= 0.3 is 0 Å². The van der Waals surface area contributed by atoms with Gasteiger partial charge in [-0.3, -0.25) is 0 Å². The topological polar surface area (TPSA) is 30.3 Å². The Kier molecular flexibility index (Phi) is 6.44. The number of aromatic nitrogens is 2. The molecule has 3 rings (SSSR count). The molecule has 0 bridgehead atoms. The van der Waals surface area contributed by atoms with Gasteiger partial charge in [0.1, 0.15) is 5.82 Å². The lowest BCUT2D eigenvalue weighted by Gasteiger charge is -2.32. The average Bonchev–Trinajstić information content (AvgIpc) is 3.10. The highest BCUT2D eigenvalue weighted by atomic mass is 16.5. The molecule has 0 saturated carbocycles. The molecule has 1 fully saturated rings. The fourth-order valence-corrected chi connectivity index (χ4v) is 3.68. The number of piperidine rings is 1. The van der Waals surface area contributed by atoms with E-state index in [4.69, 9.17) is 4.74 Å². The predicted octanol–water partition coefficient (Wildman–Crippen LogP) is 3.34. The summed E-state index contributed by atoms with van der Waals surface area (Å²) in [4.78, 5) is 7.25. The molecule has 1 aliphatic heterocycles. The van der Waals surface area contributed by atoms with Crippen molar-refractivity contribution < 1.29 is 4.74 Å². The van der Waals surface area contributed by atoms with Gasteiger partial charge in [0, 0.05) is 38.5 Å². The van der Waals surface area contributed by atoms with E-state index in [-0.39, 0.29) is 0 Å². The van der Waals surface area contributed by atoms with Crippen molar-refractivity contribution in [1.82, 2.24) is 14.5 Å². The van der Waals surface area contributed by atoms with Crippen molar-refractivity contribution in [3.63, 3.8) is 0 Å². The van der Waals surface area contributed by atoms with E-state index < -0.39 is 0 Å². The van der Waals surface area contributed by atoms with Gasteiger partial charge in [-0.25, -0.2) is 4.98 Å². The Morgan fingerprint density at radius 1 is 1.21 bits per heavy atom. The van der Waals surface area contributed by atoms with E-state index in [1.165, 1.54) is 50.2 Å². The predicted molar refractivity (Wildman–Crippen MR) is 97.3 cm³/mol. The van der Waals surface area contributed by atoms with Crippen LogP contribution in [0.4, 0.5) is 0 Å². The van der Waals surface area contributed by atoms with Gasteiger partial charge in [0.05, 0.1) is 6.61 Å². The molecule has 24 heavy (non-hydrogen) atoms. The quantitative estimate of drug-likeness (QED) is 0.745. The van der Waals surface area contributed by atoms with Crippen LogP contribution in [0.25, 0.3) is 0 Å². The summed E-state index contributed by atoms with van der Waals surface area (Å²) in [6.45, 7) is 5.19. The van der Waals surface area contributed by atoms with Crippen molar-refractivity contribution in [2.45, 2.75) is 38.1 Å². The standard InChI is InChI=1S/C20H29N3O/c1-24-16-15-23-14-11-21-20(23)19-10-6-13-22(17-19)12-5-9-18-7-3-2-4-8-18/h2-4,7-8,11,14,19H,5-6,9-10,12-13,15-17H2,1H3/t19-/m1/s1. The van der Waals surface area contributed by atoms with Crippen LogP contribution in [0.15, 0.2) is 42.7 Å². The summed E-state index contributed by atoms with van der Waals surface area (Å²) in [5.74, 6) is 1.79. The fourth-order valence-electron chi connectivity index (χ4n) is 3.68. The van der Waals surface area contributed by atoms with Crippen molar-refractivity contribution in [3.05, 3.63) is 54.1 Å². The molecule has 1 atom stereocenters. The largest absolute Gasteiger partial charge is 0.383 e. The SMILES string of the molecule is COCCn1ccnc1[C@@H]1CCCN(CCCc2ccccc2)C1. The lowest BCUT2D eigenvalue weighted by Crippen LogP contribution is -2.36. The number of nitrogens with zero attached hydrogens (tertiary/aromatic N) is 3. The average molecular weight is 327 g/mol. The first-order valence-corrected chi connectivity index (χ1v) is 9.13. The summed E-state index contributed by atoms with van der Waals surface area (Å²) in [5.41, 5.74) is 1.45. The van der Waals surface area contributed by atoms with Gasteiger partial charge < -0.3 is 14.2 Å². The molecule has 4 heteroatoms. The number of methoxy groups -OCH3 is 1. The zero-order chi connectivity index (χ0) is 16.6. The summed E-state index contributed by atoms with van der Waals surface area (Å²) in [6.07, 6.45) is 8.94. The Hall–Kier alpha value is -1.65. The Morgan fingerprint density at radius 2 is 2.08 bits per heavy atom. The summed E-state index contributed by atoms with van der Waals surface area (Å²) in [7, 11) is 1.76. The molecule has 0 amide bonds. The second-order valence-electron chi connectivity index (χ2n) is 6.70. The van der Waals surface area contributed by atoms with E-state index in [9.17, 15) is 0 Å². The van der Waals surface area contributed by atoms with Crippen LogP contribution < -0.4 is 0 Å². The maximum absolute atomic E-state index is 5.21. The molecule has 1 aromatic heterocycles. The van der Waals surface area contributed by atoms with E-state index in [2.05, 4.69) is 51.0 Å². The fraction of sp³-hybridized carbons (Fsp3) is 0.550. The second-order valence-corrected chi connectivity index (χ2v) is 6.70. The van der Waals surface area contributed by atoms with Gasteiger partial charge in [0.15, 0.2) is 0 Å². The van der Waals surface area contributed by atoms with E-state index in [1.54, 1.807) is 7.11 Å². The Bertz CT molecular complexity index is 596. The van der Waals surface area contributed by atoms with Gasteiger partial charge in [-0.1, -0.05) is 30.3 Å². The van der Waals surface area contributed by atoms with Crippen LogP contribution in [0.3, 0.4) is 0 Å². The van der Waals surface area contributed by atoms with Crippen LogP contribution in [-0.4, -0.2) is 47.8 Å². The summed E-state index contributed by atoms with van der Waals surface area (Å²) < 4.78 is 7.48. The van der Waals surface area contributed by atoms with Gasteiger partial charge in [0.25, 0.3) is 0 Å². The van der Waals surface area contributed by atoms with Gasteiger partial charge in [-0.05, 0) is 44.3 Å². The molecule has 1 aromatic carbocycles. The first-order valence-electron chi connectivity index (χ1n) is 9.13. The minimum atomic E-state index is 0.558. The molecule has 0 unspecified atom stereocenters. The van der Waals surface area contributed by atoms with Crippen LogP contribution in [0, 0.1) is 0 Å². The van der Waals surface area contributed by atoms with Gasteiger partial charge in [-0.2, -0.15) is 0 Å². The lowest BCUT2D eigenvalue weighted by molar-refractivity contribution is 0.179. The van der Waals surface area contributed by atoms with Crippen molar-refractivity contribution in [2.75, 3.05) is 33.4 Å². The van der Waals surface area contributed by atoms with Crippen molar-refractivity contribution in [3.8, 4) is 0 Å². The molecular weight excluding hydrogens is 298 g/mol. The van der Waals surface area contributed by atoms with Crippen molar-refractivity contribution >= 4 is 0 Å². The lowest BCUT2D eigenvalue weighted by atomic mass is 9.96. The Labute approximate surface area is 145 Å². The minimum Gasteiger partial charge on any atom is -0.383 e. The number of ether oxygens (including phenoxy) is 1. The number of benzene rings is 1. The first kappa shape index (κ1) is 17.2. The maximum Gasteiger partial charge on any atom is 0.113 e. The van der Waals surface area contributed by atoms with E-state index >= 15 is 0 Å². The van der Waals surface area contributed by atoms with Crippen molar-refractivity contribution in [2.24, 2.45) is 0 Å². The van der Waals surface area contributed by atoms with Crippen molar-refractivity contribution in [1.29, 1.82) is 0 Å². The molecule has 2 aromatic rings. The third-order valence-electron chi connectivity index (χ3n) is 4.94. The summed E-state index contributed by atoms with van der Waals surface area (Å²) in [6, 6.07) is 10.8. The monoisotopic (exact) mass is 327 g/mol. The first-order chi connectivity index (χ1) is 11.9. The maximum atomic E-state index is 5.21. The van der Waals surface area contributed by atoms with Gasteiger partial charge in [0.2, 0.25) is 0 Å². The number of rotatable bonds is 8. The summed E-state index contributed by atoms with van der Waals surface area (Å²) >= 11 is 0. The minimum absolute atomic E-state index is 0.558. The number of aryl methyl sites for hydroxylation is 1. The highest BCUT2D eigenvalue weighted by Gasteiger charge is 2.24. The van der Waals surface area contributed by atoms with Gasteiger partial charge in [-0.15, -0.1) is 0 Å². The van der Waals surface area contributed by atoms with Crippen LogP contribution in [-0.2, 0) is 17.7 Å². The number of hydrogen-bond acceptors (Lipinski definition) is 3. The molecular formula is C20H29N3O. The molecule has 0 spiro atoms. The number of likely N-dealkylation sites (tertiary alicyclic amines) is 1. The highest BCUT2D eigenvalue weighted by Crippen LogP contribution is 2.26. The molecule has 0 aliphatic carbocycles. The number of imidazole rings is 1. The molecule has 1 saturated heterocycles. The molecule has 130 valence electrons.